The molecule has 0 aromatic heterocycles. The summed E-state index contributed by atoms with van der Waals surface area (Å²) < 4.78 is 0. The number of carbonyl (C=O) groups excluding carboxylic acids is 1. The molecule has 3 N–H and O–H groups in total. The molecule has 5 heteroatoms. The lowest BCUT2D eigenvalue weighted by atomic mass is 9.95. The first-order valence-corrected chi connectivity index (χ1v) is 7.65. The molecule has 0 aliphatic carbocycles. The van der Waals surface area contributed by atoms with E-state index in [-0.39, 0.29) is 5.91 Å². The monoisotopic (exact) mass is 288 g/mol. The summed E-state index contributed by atoms with van der Waals surface area (Å²) in [5, 5.41) is 2.91. The number of fused-ring (bicyclic) bond motifs is 1. The zero-order chi connectivity index (χ0) is 15.0. The summed E-state index contributed by atoms with van der Waals surface area (Å²) in [4.78, 5) is 16.1. The lowest BCUT2D eigenvalue weighted by molar-refractivity contribution is -0.115. The molecule has 2 aliphatic rings. The van der Waals surface area contributed by atoms with Gasteiger partial charge in [-0.2, -0.15) is 0 Å². The average molecular weight is 288 g/mol. The van der Waals surface area contributed by atoms with Crippen LogP contribution in [0.5, 0.6) is 0 Å². The molecule has 114 valence electrons. The lowest BCUT2D eigenvalue weighted by Gasteiger charge is -2.35. The fourth-order valence-electron chi connectivity index (χ4n) is 3.43. The van der Waals surface area contributed by atoms with Crippen LogP contribution in [0.3, 0.4) is 0 Å². The van der Waals surface area contributed by atoms with Crippen molar-refractivity contribution < 1.29 is 4.79 Å². The third-order valence-corrected chi connectivity index (χ3v) is 4.46. The highest BCUT2D eigenvalue weighted by atomic mass is 16.1. The summed E-state index contributed by atoms with van der Waals surface area (Å²) in [7, 11) is 4.26. The Kier molecular flexibility index (Phi) is 3.76. The van der Waals surface area contributed by atoms with Crippen molar-refractivity contribution >= 4 is 23.0 Å². The van der Waals surface area contributed by atoms with E-state index in [1.54, 1.807) is 0 Å². The smallest absolute Gasteiger partial charge is 0.228 e. The fraction of sp³-hybridized carbons (Fsp3) is 0.562. The van der Waals surface area contributed by atoms with Gasteiger partial charge in [-0.25, -0.2) is 0 Å². The van der Waals surface area contributed by atoms with Crippen molar-refractivity contribution in [2.45, 2.75) is 19.3 Å². The minimum Gasteiger partial charge on any atom is -0.397 e. The van der Waals surface area contributed by atoms with E-state index in [0.717, 1.165) is 48.2 Å². The first-order valence-electron chi connectivity index (χ1n) is 7.65. The summed E-state index contributed by atoms with van der Waals surface area (Å²) in [6.45, 7) is 3.23. The standard InChI is InChI=1S/C16H24N4O/c1-19(2)10-11-3-5-20(6-4-11)15-9-14-12(7-13(15)17)8-16(21)18-14/h7,9,11H,3-6,8,10,17H2,1-2H3,(H,18,21). The van der Waals surface area contributed by atoms with Crippen LogP contribution in [-0.4, -0.2) is 44.5 Å². The van der Waals surface area contributed by atoms with E-state index < -0.39 is 0 Å². The van der Waals surface area contributed by atoms with Crippen LogP contribution in [0.25, 0.3) is 0 Å². The van der Waals surface area contributed by atoms with Crippen molar-refractivity contribution in [2.24, 2.45) is 5.92 Å². The van der Waals surface area contributed by atoms with Gasteiger partial charge in [-0.1, -0.05) is 0 Å². The number of nitrogens with zero attached hydrogens (tertiary/aromatic N) is 2. The van der Waals surface area contributed by atoms with Gasteiger partial charge in [0.2, 0.25) is 5.91 Å². The molecule has 1 fully saturated rings. The molecule has 2 aliphatic heterocycles. The molecule has 1 aromatic carbocycles. The second kappa shape index (κ2) is 5.56. The predicted molar refractivity (Wildman–Crippen MR) is 86.7 cm³/mol. The second-order valence-electron chi connectivity index (χ2n) is 6.49. The van der Waals surface area contributed by atoms with Crippen LogP contribution in [0.1, 0.15) is 18.4 Å². The zero-order valence-electron chi connectivity index (χ0n) is 12.9. The van der Waals surface area contributed by atoms with E-state index in [1.807, 2.05) is 12.1 Å². The Bertz CT molecular complexity index is 547. The van der Waals surface area contributed by atoms with Gasteiger partial charge in [0.25, 0.3) is 0 Å². The lowest BCUT2D eigenvalue weighted by Crippen LogP contribution is -2.37. The summed E-state index contributed by atoms with van der Waals surface area (Å²) in [5.41, 5.74) is 10.0. The van der Waals surface area contributed by atoms with E-state index in [4.69, 9.17) is 5.73 Å². The van der Waals surface area contributed by atoms with E-state index in [2.05, 4.69) is 29.2 Å². The SMILES string of the molecule is CN(C)CC1CCN(c2cc3c(cc2N)CC(=O)N3)CC1. The Labute approximate surface area is 126 Å². The van der Waals surface area contributed by atoms with Gasteiger partial charge in [-0.05, 0) is 50.6 Å². The Hall–Kier alpha value is -1.75. The predicted octanol–water partition coefficient (Wildman–Crippen LogP) is 1.54. The van der Waals surface area contributed by atoms with Gasteiger partial charge in [0.1, 0.15) is 0 Å². The Morgan fingerprint density at radius 1 is 1.33 bits per heavy atom. The van der Waals surface area contributed by atoms with Crippen molar-refractivity contribution in [1.82, 2.24) is 4.90 Å². The number of hydrogen-bond donors (Lipinski definition) is 2. The van der Waals surface area contributed by atoms with Gasteiger partial charge < -0.3 is 20.9 Å². The molecule has 21 heavy (non-hydrogen) atoms. The maximum Gasteiger partial charge on any atom is 0.228 e. The second-order valence-corrected chi connectivity index (χ2v) is 6.49. The van der Waals surface area contributed by atoms with Crippen molar-refractivity contribution in [3.05, 3.63) is 17.7 Å². The van der Waals surface area contributed by atoms with Crippen LogP contribution in [-0.2, 0) is 11.2 Å². The average Bonchev–Trinajstić information content (AvgIpc) is 2.77. The number of nitrogen functional groups attached to an aromatic ring is 1. The minimum absolute atomic E-state index is 0.0613. The van der Waals surface area contributed by atoms with Crippen molar-refractivity contribution in [1.29, 1.82) is 0 Å². The largest absolute Gasteiger partial charge is 0.397 e. The molecular weight excluding hydrogens is 264 g/mol. The first kappa shape index (κ1) is 14.2. The quantitative estimate of drug-likeness (QED) is 0.828. The first-order chi connectivity index (χ1) is 10.0. The molecule has 0 atom stereocenters. The number of benzene rings is 1. The molecule has 5 nitrogen and oxygen atoms in total. The van der Waals surface area contributed by atoms with E-state index >= 15 is 0 Å². The molecular formula is C16H24N4O. The van der Waals surface area contributed by atoms with Crippen LogP contribution >= 0.6 is 0 Å². The molecule has 1 aromatic rings. The van der Waals surface area contributed by atoms with Crippen molar-refractivity contribution in [3.8, 4) is 0 Å². The molecule has 1 saturated heterocycles. The highest BCUT2D eigenvalue weighted by Gasteiger charge is 2.24. The number of anilines is 3. The molecule has 2 heterocycles. The topological polar surface area (TPSA) is 61.6 Å². The number of amides is 1. The zero-order valence-corrected chi connectivity index (χ0v) is 12.9. The van der Waals surface area contributed by atoms with E-state index in [0.29, 0.717) is 6.42 Å². The number of rotatable bonds is 3. The molecule has 1 amide bonds. The van der Waals surface area contributed by atoms with Crippen LogP contribution < -0.4 is 16.0 Å². The van der Waals surface area contributed by atoms with Crippen LogP contribution in [0, 0.1) is 5.92 Å². The number of piperidine rings is 1. The third kappa shape index (κ3) is 2.97. The van der Waals surface area contributed by atoms with Crippen LogP contribution in [0.4, 0.5) is 17.1 Å². The highest BCUT2D eigenvalue weighted by molar-refractivity contribution is 6.00. The van der Waals surface area contributed by atoms with Gasteiger partial charge in [0.05, 0.1) is 17.8 Å². The molecule has 0 radical (unpaired) electrons. The maximum atomic E-state index is 11.5. The summed E-state index contributed by atoms with van der Waals surface area (Å²) in [5.74, 6) is 0.831. The number of hydrogen-bond acceptors (Lipinski definition) is 4. The highest BCUT2D eigenvalue weighted by Crippen LogP contribution is 2.35. The third-order valence-electron chi connectivity index (χ3n) is 4.46. The Morgan fingerprint density at radius 3 is 2.71 bits per heavy atom. The number of nitrogens with one attached hydrogen (secondary N) is 1. The van der Waals surface area contributed by atoms with Gasteiger partial charge in [-0.3, -0.25) is 4.79 Å². The molecule has 0 spiro atoms. The Balaban J connectivity index is 1.71. The maximum absolute atomic E-state index is 11.5. The summed E-state index contributed by atoms with van der Waals surface area (Å²) in [6.07, 6.45) is 2.84. The van der Waals surface area contributed by atoms with E-state index in [9.17, 15) is 4.79 Å². The van der Waals surface area contributed by atoms with Gasteiger partial charge in [-0.15, -0.1) is 0 Å². The normalized spacial score (nSPS) is 19.0. The molecule has 3 rings (SSSR count). The van der Waals surface area contributed by atoms with Gasteiger partial charge >= 0.3 is 0 Å². The van der Waals surface area contributed by atoms with Crippen LogP contribution in [0.2, 0.25) is 0 Å². The van der Waals surface area contributed by atoms with Crippen molar-refractivity contribution in [3.63, 3.8) is 0 Å². The summed E-state index contributed by atoms with van der Waals surface area (Å²) >= 11 is 0. The molecule has 0 unspecified atom stereocenters. The van der Waals surface area contributed by atoms with E-state index in [1.165, 1.54) is 12.8 Å². The molecule has 0 bridgehead atoms. The minimum atomic E-state index is 0.0613. The van der Waals surface area contributed by atoms with Crippen molar-refractivity contribution in [2.75, 3.05) is 49.7 Å². The van der Waals surface area contributed by atoms with Gasteiger partial charge in [0.15, 0.2) is 0 Å². The number of carbonyl (C=O) groups is 1. The fourth-order valence-corrected chi connectivity index (χ4v) is 3.43. The Morgan fingerprint density at radius 2 is 2.05 bits per heavy atom. The van der Waals surface area contributed by atoms with Gasteiger partial charge in [0, 0.05) is 25.3 Å². The summed E-state index contributed by atoms with van der Waals surface area (Å²) in [6, 6.07) is 4.00. The molecule has 0 saturated carbocycles. The number of nitrogens with two attached hydrogens (primary N) is 1. The van der Waals surface area contributed by atoms with Crippen LogP contribution in [0.15, 0.2) is 12.1 Å².